The van der Waals surface area contributed by atoms with Crippen LogP contribution in [0, 0.1) is 12.8 Å². The van der Waals surface area contributed by atoms with Crippen molar-refractivity contribution in [2.24, 2.45) is 5.92 Å². The summed E-state index contributed by atoms with van der Waals surface area (Å²) in [5.41, 5.74) is 2.68. The van der Waals surface area contributed by atoms with Crippen LogP contribution in [0.2, 0.25) is 5.02 Å². The molecule has 0 aromatic heterocycles. The van der Waals surface area contributed by atoms with Crippen molar-refractivity contribution >= 4 is 23.4 Å². The normalized spacial score (nSPS) is 11.7. The lowest BCUT2D eigenvalue weighted by Gasteiger charge is -2.32. The summed E-state index contributed by atoms with van der Waals surface area (Å²) in [6.45, 7) is 6.54. The number of ether oxygens (including phenoxy) is 1. The molecule has 184 valence electrons. The minimum absolute atomic E-state index is 0.182. The second kappa shape index (κ2) is 13.0. The number of rotatable bonds is 11. The van der Waals surface area contributed by atoms with Gasteiger partial charge in [0.2, 0.25) is 5.91 Å². The van der Waals surface area contributed by atoms with Gasteiger partial charge in [-0.05, 0) is 41.7 Å². The molecule has 3 aromatic rings. The van der Waals surface area contributed by atoms with Crippen LogP contribution in [-0.4, -0.2) is 35.9 Å². The van der Waals surface area contributed by atoms with Crippen LogP contribution in [0.3, 0.4) is 0 Å². The Hall–Kier alpha value is -3.31. The lowest BCUT2D eigenvalue weighted by Crippen LogP contribution is -2.52. The van der Waals surface area contributed by atoms with Gasteiger partial charge in [-0.1, -0.05) is 92.2 Å². The van der Waals surface area contributed by atoms with Gasteiger partial charge in [0, 0.05) is 24.5 Å². The minimum atomic E-state index is -0.722. The molecule has 2 amide bonds. The van der Waals surface area contributed by atoms with Crippen LogP contribution in [0.4, 0.5) is 0 Å². The molecule has 0 bridgehead atoms. The van der Waals surface area contributed by atoms with Gasteiger partial charge in [0.25, 0.3) is 5.91 Å². The fourth-order valence-electron chi connectivity index (χ4n) is 3.73. The van der Waals surface area contributed by atoms with Crippen molar-refractivity contribution in [2.45, 2.75) is 39.8 Å². The number of para-hydroxylation sites is 1. The molecule has 35 heavy (non-hydrogen) atoms. The Balaban J connectivity index is 1.92. The molecule has 0 spiro atoms. The first-order valence-electron chi connectivity index (χ1n) is 11.9. The van der Waals surface area contributed by atoms with Crippen molar-refractivity contribution in [3.8, 4) is 5.75 Å². The number of hydrogen-bond acceptors (Lipinski definition) is 3. The molecule has 6 heteroatoms. The highest BCUT2D eigenvalue weighted by Crippen LogP contribution is 2.21. The highest BCUT2D eigenvalue weighted by molar-refractivity contribution is 6.31. The van der Waals surface area contributed by atoms with Crippen LogP contribution < -0.4 is 10.1 Å². The van der Waals surface area contributed by atoms with E-state index in [4.69, 9.17) is 16.3 Å². The number of nitrogens with one attached hydrogen (secondary N) is 1. The highest BCUT2D eigenvalue weighted by atomic mass is 35.5. The average molecular weight is 493 g/mol. The molecule has 0 heterocycles. The van der Waals surface area contributed by atoms with E-state index in [-0.39, 0.29) is 30.9 Å². The minimum Gasteiger partial charge on any atom is -0.484 e. The summed E-state index contributed by atoms with van der Waals surface area (Å²) in [5.74, 6) is 0.448. The largest absolute Gasteiger partial charge is 0.484 e. The SMILES string of the molecule is Cc1ccccc1OCC(=O)N(Cc1ccccc1Cl)[C@H](Cc1ccccc1)C(=O)NCC(C)C. The predicted molar refractivity (Wildman–Crippen MR) is 140 cm³/mol. The molecule has 0 aliphatic rings. The average Bonchev–Trinajstić information content (AvgIpc) is 2.85. The van der Waals surface area contributed by atoms with Gasteiger partial charge in [0.15, 0.2) is 6.61 Å². The quantitative estimate of drug-likeness (QED) is 0.387. The van der Waals surface area contributed by atoms with Crippen molar-refractivity contribution in [1.82, 2.24) is 10.2 Å². The van der Waals surface area contributed by atoms with Crippen molar-refractivity contribution in [3.63, 3.8) is 0 Å². The summed E-state index contributed by atoms with van der Waals surface area (Å²) < 4.78 is 5.87. The molecule has 0 unspecified atom stereocenters. The third-order valence-corrected chi connectivity index (χ3v) is 6.07. The number of aryl methyl sites for hydroxylation is 1. The summed E-state index contributed by atoms with van der Waals surface area (Å²) >= 11 is 6.44. The highest BCUT2D eigenvalue weighted by Gasteiger charge is 2.31. The third-order valence-electron chi connectivity index (χ3n) is 5.70. The van der Waals surface area contributed by atoms with Gasteiger partial charge in [-0.3, -0.25) is 9.59 Å². The lowest BCUT2D eigenvalue weighted by atomic mass is 10.0. The van der Waals surface area contributed by atoms with Crippen LogP contribution >= 0.6 is 11.6 Å². The Morgan fingerprint density at radius 2 is 1.60 bits per heavy atom. The van der Waals surface area contributed by atoms with E-state index in [0.29, 0.717) is 23.7 Å². The second-order valence-corrected chi connectivity index (χ2v) is 9.42. The second-order valence-electron chi connectivity index (χ2n) is 9.01. The predicted octanol–water partition coefficient (Wildman–Crippen LogP) is 5.44. The Labute approximate surface area is 213 Å². The number of carbonyl (C=O) groups is 2. The molecule has 0 fully saturated rings. The molecule has 0 aliphatic heterocycles. The van der Waals surface area contributed by atoms with E-state index in [1.807, 2.05) is 93.6 Å². The van der Waals surface area contributed by atoms with E-state index in [1.165, 1.54) is 0 Å². The van der Waals surface area contributed by atoms with Crippen molar-refractivity contribution in [2.75, 3.05) is 13.2 Å². The lowest BCUT2D eigenvalue weighted by molar-refractivity contribution is -0.142. The summed E-state index contributed by atoms with van der Waals surface area (Å²) in [5, 5.41) is 3.56. The molecular weight excluding hydrogens is 460 g/mol. The van der Waals surface area contributed by atoms with Gasteiger partial charge < -0.3 is 15.0 Å². The molecule has 3 rings (SSSR count). The number of carbonyl (C=O) groups excluding carboxylic acids is 2. The van der Waals surface area contributed by atoms with Crippen LogP contribution in [-0.2, 0) is 22.6 Å². The Kier molecular flexibility index (Phi) is 9.74. The topological polar surface area (TPSA) is 58.6 Å². The Morgan fingerprint density at radius 1 is 0.943 bits per heavy atom. The smallest absolute Gasteiger partial charge is 0.261 e. The van der Waals surface area contributed by atoms with E-state index >= 15 is 0 Å². The number of hydrogen-bond donors (Lipinski definition) is 1. The van der Waals surface area contributed by atoms with Gasteiger partial charge in [-0.25, -0.2) is 0 Å². The molecule has 0 radical (unpaired) electrons. The Morgan fingerprint density at radius 3 is 2.29 bits per heavy atom. The number of amides is 2. The zero-order valence-electron chi connectivity index (χ0n) is 20.5. The van der Waals surface area contributed by atoms with E-state index in [1.54, 1.807) is 11.0 Å². The molecule has 5 nitrogen and oxygen atoms in total. The first-order valence-corrected chi connectivity index (χ1v) is 12.3. The zero-order valence-corrected chi connectivity index (χ0v) is 21.3. The maximum Gasteiger partial charge on any atom is 0.261 e. The fraction of sp³-hybridized carbons (Fsp3) is 0.310. The van der Waals surface area contributed by atoms with Gasteiger partial charge in [0.05, 0.1) is 0 Å². The van der Waals surface area contributed by atoms with E-state index in [9.17, 15) is 9.59 Å². The number of nitrogens with zero attached hydrogens (tertiary/aromatic N) is 1. The van der Waals surface area contributed by atoms with Gasteiger partial charge in [-0.2, -0.15) is 0 Å². The first-order chi connectivity index (χ1) is 16.8. The van der Waals surface area contributed by atoms with Gasteiger partial charge in [0.1, 0.15) is 11.8 Å². The van der Waals surface area contributed by atoms with Crippen molar-refractivity contribution in [3.05, 3.63) is 101 Å². The molecule has 1 N–H and O–H groups in total. The van der Waals surface area contributed by atoms with Crippen LogP contribution in [0.1, 0.15) is 30.5 Å². The first kappa shape index (κ1) is 26.3. The monoisotopic (exact) mass is 492 g/mol. The Bertz CT molecular complexity index is 1120. The molecule has 0 aliphatic carbocycles. The maximum atomic E-state index is 13.6. The number of halogens is 1. The molecular formula is C29H33ClN2O3. The van der Waals surface area contributed by atoms with E-state index < -0.39 is 6.04 Å². The molecule has 0 saturated heterocycles. The molecule has 0 saturated carbocycles. The van der Waals surface area contributed by atoms with E-state index in [2.05, 4.69) is 5.32 Å². The van der Waals surface area contributed by atoms with Crippen molar-refractivity contribution in [1.29, 1.82) is 0 Å². The summed E-state index contributed by atoms with van der Waals surface area (Å²) in [4.78, 5) is 28.6. The summed E-state index contributed by atoms with van der Waals surface area (Å²) in [7, 11) is 0. The number of benzene rings is 3. The van der Waals surface area contributed by atoms with Crippen LogP contribution in [0.15, 0.2) is 78.9 Å². The van der Waals surface area contributed by atoms with Gasteiger partial charge >= 0.3 is 0 Å². The summed E-state index contributed by atoms with van der Waals surface area (Å²) in [6, 6.07) is 23.9. The third kappa shape index (κ3) is 7.86. The van der Waals surface area contributed by atoms with E-state index in [0.717, 1.165) is 16.7 Å². The van der Waals surface area contributed by atoms with Crippen LogP contribution in [0.25, 0.3) is 0 Å². The fourth-order valence-corrected chi connectivity index (χ4v) is 3.92. The maximum absolute atomic E-state index is 13.6. The zero-order chi connectivity index (χ0) is 25.2. The summed E-state index contributed by atoms with van der Waals surface area (Å²) in [6.07, 6.45) is 0.380. The standard InChI is InChI=1S/C29H33ClN2O3/c1-21(2)18-31-29(34)26(17-23-12-5-4-6-13-23)32(19-24-14-8-9-15-25(24)30)28(33)20-35-27-16-10-7-11-22(27)3/h4-16,21,26H,17-20H2,1-3H3,(H,31,34)/t26-/m1/s1. The van der Waals surface area contributed by atoms with Gasteiger partial charge in [-0.15, -0.1) is 0 Å². The molecule has 1 atom stereocenters. The van der Waals surface area contributed by atoms with Crippen molar-refractivity contribution < 1.29 is 14.3 Å². The van der Waals surface area contributed by atoms with Crippen LogP contribution in [0.5, 0.6) is 5.75 Å². The molecule has 3 aromatic carbocycles.